The van der Waals surface area contributed by atoms with Crippen molar-refractivity contribution < 1.29 is 4.79 Å². The summed E-state index contributed by atoms with van der Waals surface area (Å²) in [6, 6.07) is 14.1. The normalized spacial score (nSPS) is 10.6. The van der Waals surface area contributed by atoms with Crippen molar-refractivity contribution in [3.63, 3.8) is 0 Å². The average molecular weight is 348 g/mol. The Bertz CT molecular complexity index is 672. The molecule has 0 spiro atoms. The maximum atomic E-state index is 11.9. The quantitative estimate of drug-likeness (QED) is 0.744. The SMILES string of the molecule is Cc1ccc(CC(=O)NCCSCc2cccc(Cl)c2)cc1C. The molecule has 0 bridgehead atoms. The standard InChI is InChI=1S/C19H22ClNOS/c1-14-6-7-16(10-15(14)2)12-19(22)21-8-9-23-13-17-4-3-5-18(20)11-17/h3-7,10-11H,8-9,12-13H2,1-2H3,(H,21,22). The first-order valence-corrected chi connectivity index (χ1v) is 9.23. The zero-order chi connectivity index (χ0) is 16.7. The van der Waals surface area contributed by atoms with Crippen LogP contribution in [0.15, 0.2) is 42.5 Å². The van der Waals surface area contributed by atoms with Crippen molar-refractivity contribution in [2.45, 2.75) is 26.0 Å². The Labute approximate surface area is 147 Å². The van der Waals surface area contributed by atoms with Crippen molar-refractivity contribution in [3.05, 3.63) is 69.7 Å². The van der Waals surface area contributed by atoms with Gasteiger partial charge in [-0.2, -0.15) is 11.8 Å². The zero-order valence-electron chi connectivity index (χ0n) is 13.6. The topological polar surface area (TPSA) is 29.1 Å². The Hall–Kier alpha value is -1.45. The van der Waals surface area contributed by atoms with Crippen LogP contribution in [0.1, 0.15) is 22.3 Å². The molecule has 23 heavy (non-hydrogen) atoms. The van der Waals surface area contributed by atoms with E-state index in [4.69, 9.17) is 11.6 Å². The van der Waals surface area contributed by atoms with Crippen LogP contribution in [-0.2, 0) is 17.0 Å². The highest BCUT2D eigenvalue weighted by molar-refractivity contribution is 7.98. The summed E-state index contributed by atoms with van der Waals surface area (Å²) < 4.78 is 0. The number of carbonyl (C=O) groups excluding carboxylic acids is 1. The van der Waals surface area contributed by atoms with E-state index in [1.54, 1.807) is 11.8 Å². The highest BCUT2D eigenvalue weighted by Crippen LogP contribution is 2.16. The number of halogens is 1. The molecule has 0 saturated carbocycles. The smallest absolute Gasteiger partial charge is 0.224 e. The molecular weight excluding hydrogens is 326 g/mol. The average Bonchev–Trinajstić information content (AvgIpc) is 2.51. The predicted molar refractivity (Wildman–Crippen MR) is 100 cm³/mol. The van der Waals surface area contributed by atoms with Crippen LogP contribution in [0.25, 0.3) is 0 Å². The van der Waals surface area contributed by atoms with E-state index >= 15 is 0 Å². The lowest BCUT2D eigenvalue weighted by Gasteiger charge is -2.07. The van der Waals surface area contributed by atoms with Gasteiger partial charge in [-0.3, -0.25) is 4.79 Å². The molecule has 0 saturated heterocycles. The van der Waals surface area contributed by atoms with E-state index in [-0.39, 0.29) is 5.91 Å². The zero-order valence-corrected chi connectivity index (χ0v) is 15.1. The third-order valence-electron chi connectivity index (χ3n) is 3.66. The summed E-state index contributed by atoms with van der Waals surface area (Å²) in [5, 5.41) is 3.75. The molecule has 122 valence electrons. The molecule has 0 unspecified atom stereocenters. The molecule has 0 radical (unpaired) electrons. The van der Waals surface area contributed by atoms with Gasteiger partial charge in [-0.15, -0.1) is 0 Å². The molecule has 0 aromatic heterocycles. The number of aryl methyl sites for hydroxylation is 2. The first kappa shape index (κ1) is 17.9. The molecule has 1 N–H and O–H groups in total. The number of hydrogen-bond donors (Lipinski definition) is 1. The monoisotopic (exact) mass is 347 g/mol. The van der Waals surface area contributed by atoms with Gasteiger partial charge < -0.3 is 5.32 Å². The van der Waals surface area contributed by atoms with Gasteiger partial charge in [0, 0.05) is 23.1 Å². The first-order chi connectivity index (χ1) is 11.0. The van der Waals surface area contributed by atoms with Gasteiger partial charge in [0.25, 0.3) is 0 Å². The molecule has 0 aliphatic carbocycles. The van der Waals surface area contributed by atoms with Crippen LogP contribution in [0.5, 0.6) is 0 Å². The maximum Gasteiger partial charge on any atom is 0.224 e. The van der Waals surface area contributed by atoms with E-state index in [2.05, 4.69) is 37.4 Å². The van der Waals surface area contributed by atoms with Gasteiger partial charge in [0.05, 0.1) is 6.42 Å². The van der Waals surface area contributed by atoms with Crippen molar-refractivity contribution in [1.29, 1.82) is 0 Å². The highest BCUT2D eigenvalue weighted by Gasteiger charge is 2.04. The second-order valence-electron chi connectivity index (χ2n) is 5.63. The molecule has 0 aliphatic heterocycles. The summed E-state index contributed by atoms with van der Waals surface area (Å²) in [5.74, 6) is 1.88. The fraction of sp³-hybridized carbons (Fsp3) is 0.316. The van der Waals surface area contributed by atoms with Gasteiger partial charge >= 0.3 is 0 Å². The molecular formula is C19H22ClNOS. The fourth-order valence-corrected chi connectivity index (χ4v) is 3.26. The number of hydrogen-bond acceptors (Lipinski definition) is 2. The van der Waals surface area contributed by atoms with Crippen molar-refractivity contribution in [2.24, 2.45) is 0 Å². The van der Waals surface area contributed by atoms with Gasteiger partial charge in [-0.1, -0.05) is 41.9 Å². The molecule has 0 atom stereocenters. The number of carbonyl (C=O) groups is 1. The van der Waals surface area contributed by atoms with Crippen LogP contribution in [-0.4, -0.2) is 18.2 Å². The second-order valence-corrected chi connectivity index (χ2v) is 7.17. The Morgan fingerprint density at radius 1 is 1.09 bits per heavy atom. The predicted octanol–water partition coefficient (Wildman–Crippen LogP) is 4.55. The van der Waals surface area contributed by atoms with Crippen LogP contribution >= 0.6 is 23.4 Å². The van der Waals surface area contributed by atoms with Crippen LogP contribution in [0.3, 0.4) is 0 Å². The number of thioether (sulfide) groups is 1. The minimum absolute atomic E-state index is 0.0802. The summed E-state index contributed by atoms with van der Waals surface area (Å²) >= 11 is 7.75. The molecule has 2 nitrogen and oxygen atoms in total. The Kier molecular flexibility index (Phi) is 7.00. The van der Waals surface area contributed by atoms with Crippen molar-refractivity contribution >= 4 is 29.3 Å². The fourth-order valence-electron chi connectivity index (χ4n) is 2.24. The molecule has 2 rings (SSSR count). The Balaban J connectivity index is 1.65. The third-order valence-corrected chi connectivity index (χ3v) is 4.93. The molecule has 1 amide bonds. The summed E-state index contributed by atoms with van der Waals surface area (Å²) in [7, 11) is 0. The van der Waals surface area contributed by atoms with Gasteiger partial charge in [-0.05, 0) is 48.2 Å². The lowest BCUT2D eigenvalue weighted by molar-refractivity contribution is -0.120. The summed E-state index contributed by atoms with van der Waals surface area (Å²) in [6.07, 6.45) is 0.445. The maximum absolute atomic E-state index is 11.9. The van der Waals surface area contributed by atoms with E-state index in [0.29, 0.717) is 13.0 Å². The largest absolute Gasteiger partial charge is 0.355 e. The number of rotatable bonds is 7. The minimum atomic E-state index is 0.0802. The summed E-state index contributed by atoms with van der Waals surface area (Å²) in [4.78, 5) is 11.9. The van der Waals surface area contributed by atoms with Crippen molar-refractivity contribution in [2.75, 3.05) is 12.3 Å². The highest BCUT2D eigenvalue weighted by atomic mass is 35.5. The van der Waals surface area contributed by atoms with E-state index in [0.717, 1.165) is 22.1 Å². The van der Waals surface area contributed by atoms with Crippen molar-refractivity contribution in [1.82, 2.24) is 5.32 Å². The van der Waals surface area contributed by atoms with E-state index in [1.165, 1.54) is 16.7 Å². The first-order valence-electron chi connectivity index (χ1n) is 7.69. The van der Waals surface area contributed by atoms with Crippen molar-refractivity contribution in [3.8, 4) is 0 Å². The van der Waals surface area contributed by atoms with Crippen LogP contribution < -0.4 is 5.32 Å². The summed E-state index contributed by atoms with van der Waals surface area (Å²) in [5.41, 5.74) is 4.76. The molecule has 0 fully saturated rings. The van der Waals surface area contributed by atoms with Gasteiger partial charge in [0.2, 0.25) is 5.91 Å². The van der Waals surface area contributed by atoms with E-state index in [1.807, 2.05) is 24.3 Å². The lowest BCUT2D eigenvalue weighted by Crippen LogP contribution is -2.27. The Morgan fingerprint density at radius 2 is 1.91 bits per heavy atom. The Morgan fingerprint density at radius 3 is 2.65 bits per heavy atom. The van der Waals surface area contributed by atoms with Gasteiger partial charge in [0.1, 0.15) is 0 Å². The lowest BCUT2D eigenvalue weighted by atomic mass is 10.0. The second kappa shape index (κ2) is 8.99. The van der Waals surface area contributed by atoms with Gasteiger partial charge in [-0.25, -0.2) is 0 Å². The minimum Gasteiger partial charge on any atom is -0.355 e. The molecule has 0 heterocycles. The molecule has 0 aliphatic rings. The molecule has 2 aromatic rings. The van der Waals surface area contributed by atoms with Crippen LogP contribution in [0, 0.1) is 13.8 Å². The van der Waals surface area contributed by atoms with E-state index < -0.39 is 0 Å². The molecule has 2 aromatic carbocycles. The summed E-state index contributed by atoms with van der Waals surface area (Å²) in [6.45, 7) is 4.84. The van der Waals surface area contributed by atoms with Gasteiger partial charge in [0.15, 0.2) is 0 Å². The van der Waals surface area contributed by atoms with E-state index in [9.17, 15) is 4.79 Å². The van der Waals surface area contributed by atoms with Crippen LogP contribution in [0.2, 0.25) is 5.02 Å². The molecule has 4 heteroatoms. The number of nitrogens with one attached hydrogen (secondary N) is 1. The number of benzene rings is 2. The third kappa shape index (κ3) is 6.28. The number of amides is 1. The van der Waals surface area contributed by atoms with Crippen LogP contribution in [0.4, 0.5) is 0 Å².